The fraction of sp³-hybridized carbons (Fsp3) is 0.611. The Morgan fingerprint density at radius 1 is 1.14 bits per heavy atom. The fourth-order valence-electron chi connectivity index (χ4n) is 2.96. The highest BCUT2D eigenvalue weighted by Crippen LogP contribution is 2.27. The molecule has 1 aromatic rings. The topological polar surface area (TPSA) is 43.8 Å². The van der Waals surface area contributed by atoms with Gasteiger partial charge in [-0.1, -0.05) is 38.1 Å². The molecule has 2 rings (SSSR count). The molecule has 0 saturated carbocycles. The molecule has 0 aromatic heterocycles. The molecule has 0 spiro atoms. The molecule has 1 N–H and O–H groups in total. The molecule has 0 aliphatic carbocycles. The lowest BCUT2D eigenvalue weighted by Crippen LogP contribution is -2.45. The Morgan fingerprint density at radius 2 is 1.73 bits per heavy atom. The Bertz CT molecular complexity index is 488. The normalized spacial score (nSPS) is 17.6. The van der Waals surface area contributed by atoms with Crippen molar-refractivity contribution in [2.75, 3.05) is 39.8 Å². The summed E-state index contributed by atoms with van der Waals surface area (Å²) in [5, 5.41) is 9.00. The molecule has 1 fully saturated rings. The van der Waals surface area contributed by atoms with Crippen LogP contribution in [0.1, 0.15) is 31.4 Å². The average molecular weight is 304 g/mol. The van der Waals surface area contributed by atoms with Gasteiger partial charge in [0, 0.05) is 38.1 Å². The van der Waals surface area contributed by atoms with Crippen molar-refractivity contribution in [3.63, 3.8) is 0 Å². The first-order valence-electron chi connectivity index (χ1n) is 8.09. The molecule has 1 aliphatic heterocycles. The zero-order valence-electron chi connectivity index (χ0n) is 14.0. The van der Waals surface area contributed by atoms with Crippen LogP contribution < -0.4 is 0 Å². The Kier molecular flexibility index (Phi) is 5.59. The third kappa shape index (κ3) is 4.82. The Morgan fingerprint density at radius 3 is 2.27 bits per heavy atom. The van der Waals surface area contributed by atoms with Gasteiger partial charge >= 0.3 is 5.97 Å². The maximum Gasteiger partial charge on any atom is 0.304 e. The first-order chi connectivity index (χ1) is 10.4. The number of hydrogen-bond acceptors (Lipinski definition) is 3. The van der Waals surface area contributed by atoms with Gasteiger partial charge in [-0.15, -0.1) is 0 Å². The number of piperazine rings is 1. The zero-order valence-corrected chi connectivity index (χ0v) is 14.0. The van der Waals surface area contributed by atoms with Gasteiger partial charge in [0.15, 0.2) is 0 Å². The molecule has 4 nitrogen and oxygen atoms in total. The number of hydrogen-bond donors (Lipinski definition) is 1. The first kappa shape index (κ1) is 17.0. The summed E-state index contributed by atoms with van der Waals surface area (Å²) in [6.07, 6.45) is 1.22. The highest BCUT2D eigenvalue weighted by Gasteiger charge is 2.23. The van der Waals surface area contributed by atoms with Crippen LogP contribution in [-0.4, -0.2) is 60.6 Å². The number of carboxylic acid groups (broad SMARTS) is 1. The van der Waals surface area contributed by atoms with Crippen molar-refractivity contribution in [3.8, 4) is 0 Å². The number of nitrogens with zero attached hydrogens (tertiary/aromatic N) is 2. The van der Waals surface area contributed by atoms with E-state index in [1.165, 1.54) is 5.56 Å². The summed E-state index contributed by atoms with van der Waals surface area (Å²) < 4.78 is 0. The van der Waals surface area contributed by atoms with Gasteiger partial charge in [0.25, 0.3) is 0 Å². The molecule has 1 saturated heterocycles. The van der Waals surface area contributed by atoms with Gasteiger partial charge in [0.2, 0.25) is 0 Å². The van der Waals surface area contributed by atoms with Gasteiger partial charge in [-0.25, -0.2) is 0 Å². The van der Waals surface area contributed by atoms with Crippen LogP contribution in [-0.2, 0) is 16.6 Å². The predicted octanol–water partition coefficient (Wildman–Crippen LogP) is 2.23. The van der Waals surface area contributed by atoms with E-state index in [2.05, 4.69) is 41.1 Å². The molecular weight excluding hydrogens is 276 g/mol. The van der Waals surface area contributed by atoms with Crippen LogP contribution in [0, 0.1) is 0 Å². The zero-order chi connectivity index (χ0) is 16.2. The number of aliphatic carboxylic acids is 1. The van der Waals surface area contributed by atoms with E-state index in [1.807, 2.05) is 13.8 Å². The second-order valence-electron chi connectivity index (χ2n) is 7.05. The lowest BCUT2D eigenvalue weighted by Gasteiger charge is -2.32. The van der Waals surface area contributed by atoms with Crippen LogP contribution in [0.4, 0.5) is 0 Å². The minimum Gasteiger partial charge on any atom is -0.481 e. The van der Waals surface area contributed by atoms with E-state index in [0.717, 1.165) is 44.7 Å². The highest BCUT2D eigenvalue weighted by molar-refractivity contribution is 5.68. The first-order valence-corrected chi connectivity index (χ1v) is 8.09. The predicted molar refractivity (Wildman–Crippen MR) is 89.4 cm³/mol. The SMILES string of the molecule is CN1CCN(CCc2ccc(C(C)(C)CC(=O)O)cc2)CC1. The van der Waals surface area contributed by atoms with Gasteiger partial charge in [-0.2, -0.15) is 0 Å². The van der Waals surface area contributed by atoms with E-state index in [4.69, 9.17) is 5.11 Å². The molecule has 1 aliphatic rings. The van der Waals surface area contributed by atoms with Crippen LogP contribution >= 0.6 is 0 Å². The minimum atomic E-state index is -0.746. The third-order valence-electron chi connectivity index (χ3n) is 4.64. The second kappa shape index (κ2) is 7.25. The van der Waals surface area contributed by atoms with Crippen molar-refractivity contribution in [3.05, 3.63) is 35.4 Å². The maximum absolute atomic E-state index is 10.9. The van der Waals surface area contributed by atoms with E-state index in [-0.39, 0.29) is 11.8 Å². The van der Waals surface area contributed by atoms with Crippen molar-refractivity contribution in [1.82, 2.24) is 9.80 Å². The lowest BCUT2D eigenvalue weighted by molar-refractivity contribution is -0.138. The molecule has 0 radical (unpaired) electrons. The van der Waals surface area contributed by atoms with E-state index >= 15 is 0 Å². The van der Waals surface area contributed by atoms with Crippen molar-refractivity contribution >= 4 is 5.97 Å². The molecule has 122 valence electrons. The van der Waals surface area contributed by atoms with E-state index in [9.17, 15) is 4.79 Å². The molecule has 1 aromatic carbocycles. The number of carbonyl (C=O) groups is 1. The molecule has 22 heavy (non-hydrogen) atoms. The van der Waals surface area contributed by atoms with Crippen LogP contribution in [0.25, 0.3) is 0 Å². The molecule has 0 unspecified atom stereocenters. The summed E-state index contributed by atoms with van der Waals surface area (Å²) in [6, 6.07) is 8.47. The average Bonchev–Trinajstić information content (AvgIpc) is 2.46. The molecular formula is C18H28N2O2. The fourth-order valence-corrected chi connectivity index (χ4v) is 2.96. The molecule has 0 amide bonds. The van der Waals surface area contributed by atoms with Gasteiger partial charge in [0.1, 0.15) is 0 Å². The van der Waals surface area contributed by atoms with Crippen molar-refractivity contribution in [1.29, 1.82) is 0 Å². The Hall–Kier alpha value is -1.39. The quantitative estimate of drug-likeness (QED) is 0.875. The smallest absolute Gasteiger partial charge is 0.304 e. The van der Waals surface area contributed by atoms with Crippen LogP contribution in [0.2, 0.25) is 0 Å². The van der Waals surface area contributed by atoms with E-state index < -0.39 is 5.97 Å². The number of carboxylic acids is 1. The summed E-state index contributed by atoms with van der Waals surface area (Å²) in [6.45, 7) is 9.69. The summed E-state index contributed by atoms with van der Waals surface area (Å²) in [7, 11) is 2.18. The van der Waals surface area contributed by atoms with Crippen LogP contribution in [0.3, 0.4) is 0 Å². The summed E-state index contributed by atoms with van der Waals surface area (Å²) in [5.74, 6) is -0.746. The van der Waals surface area contributed by atoms with Gasteiger partial charge in [-0.3, -0.25) is 4.79 Å². The molecule has 0 bridgehead atoms. The number of benzene rings is 1. The second-order valence-corrected chi connectivity index (χ2v) is 7.05. The Balaban J connectivity index is 1.88. The maximum atomic E-state index is 10.9. The van der Waals surface area contributed by atoms with Gasteiger partial charge in [-0.05, 0) is 24.6 Å². The Labute approximate surface area is 133 Å². The lowest BCUT2D eigenvalue weighted by atomic mass is 9.81. The molecule has 4 heteroatoms. The standard InChI is InChI=1S/C18H28N2O2/c1-18(2,14-17(21)22)16-6-4-15(5-7-16)8-9-20-12-10-19(3)11-13-20/h4-7H,8-14H2,1-3H3,(H,21,22). The summed E-state index contributed by atoms with van der Waals surface area (Å²) in [5.41, 5.74) is 2.11. The largest absolute Gasteiger partial charge is 0.481 e. The number of rotatable bonds is 6. The van der Waals surface area contributed by atoms with Crippen molar-refractivity contribution in [2.24, 2.45) is 0 Å². The van der Waals surface area contributed by atoms with E-state index in [1.54, 1.807) is 0 Å². The molecule has 0 atom stereocenters. The summed E-state index contributed by atoms with van der Waals surface area (Å²) in [4.78, 5) is 15.8. The van der Waals surface area contributed by atoms with E-state index in [0.29, 0.717) is 0 Å². The third-order valence-corrected chi connectivity index (χ3v) is 4.64. The minimum absolute atomic E-state index is 0.160. The monoisotopic (exact) mass is 304 g/mol. The van der Waals surface area contributed by atoms with Gasteiger partial charge in [0.05, 0.1) is 6.42 Å². The van der Waals surface area contributed by atoms with Gasteiger partial charge < -0.3 is 14.9 Å². The summed E-state index contributed by atoms with van der Waals surface area (Å²) >= 11 is 0. The molecule has 1 heterocycles. The van der Waals surface area contributed by atoms with Crippen molar-refractivity contribution in [2.45, 2.75) is 32.1 Å². The highest BCUT2D eigenvalue weighted by atomic mass is 16.4. The van der Waals surface area contributed by atoms with Crippen molar-refractivity contribution < 1.29 is 9.90 Å². The van der Waals surface area contributed by atoms with Crippen LogP contribution in [0.5, 0.6) is 0 Å². The number of likely N-dealkylation sites (N-methyl/N-ethyl adjacent to an activating group) is 1. The van der Waals surface area contributed by atoms with Crippen LogP contribution in [0.15, 0.2) is 24.3 Å².